The first kappa shape index (κ1) is 24.5. The lowest BCUT2D eigenvalue weighted by molar-refractivity contribution is -0.137. The molecule has 33 heavy (non-hydrogen) atoms. The number of benzene rings is 2. The molecule has 0 unspecified atom stereocenters. The first-order chi connectivity index (χ1) is 15.6. The Balaban J connectivity index is 1.59. The molecule has 7 nitrogen and oxygen atoms in total. The van der Waals surface area contributed by atoms with Crippen molar-refractivity contribution >= 4 is 34.7 Å². The maximum Gasteiger partial charge on any atom is 0.407 e. The zero-order chi connectivity index (χ0) is 24.1. The van der Waals surface area contributed by atoms with Gasteiger partial charge in [-0.15, -0.1) is 16.9 Å². The number of thioether (sulfide) groups is 1. The molecule has 1 saturated heterocycles. The van der Waals surface area contributed by atoms with Gasteiger partial charge in [0.1, 0.15) is 5.60 Å². The molecule has 1 aliphatic heterocycles. The molecule has 3 rings (SSSR count). The lowest BCUT2D eigenvalue weighted by Crippen LogP contribution is -2.42. The Morgan fingerprint density at radius 2 is 1.88 bits per heavy atom. The van der Waals surface area contributed by atoms with E-state index in [-0.39, 0.29) is 11.4 Å². The summed E-state index contributed by atoms with van der Waals surface area (Å²) in [4.78, 5) is 16.1. The largest absolute Gasteiger partial charge is 0.407 e. The van der Waals surface area contributed by atoms with Crippen molar-refractivity contribution in [1.82, 2.24) is 5.01 Å². The number of carbonyl (C=O) groups is 1. The summed E-state index contributed by atoms with van der Waals surface area (Å²) < 4.78 is 39.4. The van der Waals surface area contributed by atoms with Gasteiger partial charge in [0, 0.05) is 29.4 Å². The summed E-state index contributed by atoms with van der Waals surface area (Å²) in [5, 5.41) is 23.1. The normalized spacial score (nSPS) is 15.9. The van der Waals surface area contributed by atoms with E-state index in [2.05, 4.69) is 20.5 Å². The second-order valence-corrected chi connectivity index (χ2v) is 8.75. The predicted molar refractivity (Wildman–Crippen MR) is 119 cm³/mol. The number of anilines is 1. The number of alkyl halides is 3. The molecule has 0 saturated carbocycles. The van der Waals surface area contributed by atoms with E-state index in [1.54, 1.807) is 24.3 Å². The second-order valence-electron chi connectivity index (χ2n) is 7.70. The first-order valence-corrected chi connectivity index (χ1v) is 11.1. The number of nitrogens with one attached hydrogen (secondary N) is 1. The van der Waals surface area contributed by atoms with Crippen LogP contribution in [0.1, 0.15) is 25.3 Å². The monoisotopic (exact) mass is 477 g/mol. The van der Waals surface area contributed by atoms with E-state index in [4.69, 9.17) is 6.57 Å². The van der Waals surface area contributed by atoms with Gasteiger partial charge in [0.15, 0.2) is 5.69 Å². The van der Waals surface area contributed by atoms with Crippen LogP contribution >= 0.6 is 11.8 Å². The molecular formula is C22H22F3N5O2S. The van der Waals surface area contributed by atoms with Crippen molar-refractivity contribution in [1.29, 1.82) is 0 Å². The standard InChI is InChI=1S/C22H22F3N5O2S/c1-21(32,20(31)27-16-7-10-19(26-2)18(13-16)22(23,24)25)14-33-17-8-5-15(6-9-17)28-29-30-11-3-4-12-30/h5-10,13,32H,3-4,11-12,14H2,1H3,(H,27,31)/t21-/m0/s1. The molecule has 1 fully saturated rings. The predicted octanol–water partition coefficient (Wildman–Crippen LogP) is 5.83. The summed E-state index contributed by atoms with van der Waals surface area (Å²) in [7, 11) is 0. The van der Waals surface area contributed by atoms with Gasteiger partial charge in [-0.1, -0.05) is 11.3 Å². The van der Waals surface area contributed by atoms with Gasteiger partial charge in [-0.25, -0.2) is 4.85 Å². The SMILES string of the molecule is [C-]#[N+]c1ccc(NC(=O)[C@@](C)(O)CSc2ccc(N=NN3CCCC3)cc2)cc1C(F)(F)F. The minimum absolute atomic E-state index is 0.0280. The summed E-state index contributed by atoms with van der Waals surface area (Å²) in [6, 6.07) is 9.98. The Bertz CT molecular complexity index is 1060. The van der Waals surface area contributed by atoms with Gasteiger partial charge in [-0.3, -0.25) is 9.80 Å². The Morgan fingerprint density at radius 1 is 1.21 bits per heavy atom. The van der Waals surface area contributed by atoms with Crippen molar-refractivity contribution in [2.75, 3.05) is 24.2 Å². The highest BCUT2D eigenvalue weighted by Gasteiger charge is 2.35. The number of hydrogen-bond donors (Lipinski definition) is 2. The summed E-state index contributed by atoms with van der Waals surface area (Å²) in [6.07, 6.45) is -2.52. The average Bonchev–Trinajstić information content (AvgIpc) is 3.30. The maximum absolute atomic E-state index is 13.1. The summed E-state index contributed by atoms with van der Waals surface area (Å²) in [5.41, 5.74) is -3.04. The van der Waals surface area contributed by atoms with Gasteiger partial charge in [0.05, 0.1) is 17.8 Å². The number of carbonyl (C=O) groups excluding carboxylic acids is 1. The zero-order valence-electron chi connectivity index (χ0n) is 17.8. The van der Waals surface area contributed by atoms with Crippen LogP contribution in [0.5, 0.6) is 0 Å². The summed E-state index contributed by atoms with van der Waals surface area (Å²) in [5.74, 6) is -0.880. The molecule has 0 bridgehead atoms. The Kier molecular flexibility index (Phi) is 7.61. The van der Waals surface area contributed by atoms with Crippen LogP contribution in [0.25, 0.3) is 4.85 Å². The van der Waals surface area contributed by atoms with E-state index in [1.165, 1.54) is 24.8 Å². The molecule has 2 N–H and O–H groups in total. The van der Waals surface area contributed by atoms with E-state index in [0.29, 0.717) is 11.8 Å². The van der Waals surface area contributed by atoms with Gasteiger partial charge in [-0.2, -0.15) is 13.2 Å². The number of hydrogen-bond acceptors (Lipinski definition) is 5. The maximum atomic E-state index is 13.1. The number of rotatable bonds is 7. The first-order valence-electron chi connectivity index (χ1n) is 10.1. The molecule has 0 spiro atoms. The molecule has 0 aliphatic carbocycles. The van der Waals surface area contributed by atoms with E-state index < -0.39 is 28.9 Å². The molecule has 174 valence electrons. The molecule has 2 aromatic rings. The van der Waals surface area contributed by atoms with Crippen molar-refractivity contribution in [2.24, 2.45) is 10.3 Å². The molecule has 0 aromatic heterocycles. The van der Waals surface area contributed by atoms with Crippen LogP contribution in [0.2, 0.25) is 0 Å². The van der Waals surface area contributed by atoms with E-state index in [0.717, 1.165) is 36.9 Å². The third kappa shape index (κ3) is 6.69. The van der Waals surface area contributed by atoms with E-state index in [1.807, 2.05) is 5.01 Å². The fraction of sp³-hybridized carbons (Fsp3) is 0.364. The van der Waals surface area contributed by atoms with Gasteiger partial charge >= 0.3 is 6.18 Å². The highest BCUT2D eigenvalue weighted by atomic mass is 32.2. The van der Waals surface area contributed by atoms with Crippen molar-refractivity contribution in [3.8, 4) is 0 Å². The van der Waals surface area contributed by atoms with Crippen molar-refractivity contribution < 1.29 is 23.1 Å². The Morgan fingerprint density at radius 3 is 2.48 bits per heavy atom. The quantitative estimate of drug-likeness (QED) is 0.299. The number of amides is 1. The zero-order valence-corrected chi connectivity index (χ0v) is 18.6. The number of nitrogens with zero attached hydrogens (tertiary/aromatic N) is 4. The van der Waals surface area contributed by atoms with Crippen LogP contribution in [0.4, 0.5) is 30.2 Å². The lowest BCUT2D eigenvalue weighted by atomic mass is 10.1. The fourth-order valence-electron chi connectivity index (χ4n) is 3.01. The fourth-order valence-corrected chi connectivity index (χ4v) is 3.91. The Labute approximate surface area is 193 Å². The topological polar surface area (TPSA) is 81.6 Å². The highest BCUT2D eigenvalue weighted by Crippen LogP contribution is 2.38. The number of halogens is 3. The summed E-state index contributed by atoms with van der Waals surface area (Å²) in [6.45, 7) is 9.95. The molecule has 1 aliphatic rings. The van der Waals surface area contributed by atoms with Crippen molar-refractivity contribution in [3.05, 3.63) is 59.4 Å². The molecule has 0 radical (unpaired) electrons. The van der Waals surface area contributed by atoms with E-state index in [9.17, 15) is 23.1 Å². The van der Waals surface area contributed by atoms with Crippen LogP contribution in [-0.4, -0.2) is 40.5 Å². The average molecular weight is 478 g/mol. The smallest absolute Gasteiger partial charge is 0.379 e. The van der Waals surface area contributed by atoms with Gasteiger partial charge in [-0.05, 0) is 56.2 Å². The van der Waals surface area contributed by atoms with Crippen LogP contribution in [-0.2, 0) is 11.0 Å². The highest BCUT2D eigenvalue weighted by molar-refractivity contribution is 7.99. The number of aliphatic hydroxyl groups is 1. The van der Waals surface area contributed by atoms with Crippen molar-refractivity contribution in [2.45, 2.75) is 36.4 Å². The van der Waals surface area contributed by atoms with Crippen molar-refractivity contribution in [3.63, 3.8) is 0 Å². The van der Waals surface area contributed by atoms with Crippen LogP contribution in [0.3, 0.4) is 0 Å². The van der Waals surface area contributed by atoms with Crippen LogP contribution < -0.4 is 5.32 Å². The van der Waals surface area contributed by atoms with Gasteiger partial charge in [0.25, 0.3) is 5.91 Å². The molecular weight excluding hydrogens is 455 g/mol. The minimum Gasteiger partial charge on any atom is -0.379 e. The van der Waals surface area contributed by atoms with E-state index >= 15 is 0 Å². The molecule has 1 atom stereocenters. The van der Waals surface area contributed by atoms with Gasteiger partial charge in [0.2, 0.25) is 0 Å². The summed E-state index contributed by atoms with van der Waals surface area (Å²) >= 11 is 1.22. The van der Waals surface area contributed by atoms with Crippen LogP contribution in [0.15, 0.2) is 57.7 Å². The third-order valence-corrected chi connectivity index (χ3v) is 6.21. The second kappa shape index (κ2) is 10.2. The minimum atomic E-state index is -4.74. The Hall–Kier alpha value is -3.10. The van der Waals surface area contributed by atoms with Crippen LogP contribution in [0, 0.1) is 6.57 Å². The molecule has 11 heteroatoms. The molecule has 1 heterocycles. The molecule has 2 aromatic carbocycles. The third-order valence-electron chi connectivity index (χ3n) is 4.90. The lowest BCUT2D eigenvalue weighted by Gasteiger charge is -2.22. The molecule has 1 amide bonds. The van der Waals surface area contributed by atoms with Gasteiger partial charge < -0.3 is 10.4 Å².